The highest BCUT2D eigenvalue weighted by molar-refractivity contribution is 5.82. The average Bonchev–Trinajstić information content (AvgIpc) is 2.46. The van der Waals surface area contributed by atoms with Crippen molar-refractivity contribution in [2.75, 3.05) is 0 Å². The lowest BCUT2D eigenvalue weighted by molar-refractivity contribution is 0.221. The van der Waals surface area contributed by atoms with Gasteiger partial charge in [-0.15, -0.1) is 0 Å². The third kappa shape index (κ3) is 2.20. The molecule has 0 fully saturated rings. The molecule has 0 aliphatic heterocycles. The average molecular weight is 253 g/mol. The number of hydrogen-bond acceptors (Lipinski definition) is 2. The van der Waals surface area contributed by atoms with Crippen LogP contribution in [0.25, 0.3) is 10.9 Å². The Kier molecular flexibility index (Phi) is 2.97. The van der Waals surface area contributed by atoms with Crippen LogP contribution in [-0.2, 0) is 0 Å². The molecule has 2 nitrogen and oxygen atoms in total. The molecule has 3 heteroatoms. The molecule has 0 saturated heterocycles. The Balaban J connectivity index is 2.14. The number of para-hydroxylation sites is 1. The monoisotopic (exact) mass is 253 g/mol. The molecule has 19 heavy (non-hydrogen) atoms. The fraction of sp³-hybridized carbons (Fsp3) is 0.0625. The second kappa shape index (κ2) is 4.78. The van der Waals surface area contributed by atoms with Crippen molar-refractivity contribution in [3.05, 3.63) is 77.7 Å². The molecule has 3 aromatic rings. The summed E-state index contributed by atoms with van der Waals surface area (Å²) >= 11 is 0. The maximum atomic E-state index is 13.2. The van der Waals surface area contributed by atoms with Gasteiger partial charge >= 0.3 is 0 Å². The molecule has 1 N–H and O–H groups in total. The van der Waals surface area contributed by atoms with E-state index in [2.05, 4.69) is 4.98 Å². The third-order valence-electron chi connectivity index (χ3n) is 3.14. The third-order valence-corrected chi connectivity index (χ3v) is 3.14. The van der Waals surface area contributed by atoms with E-state index < -0.39 is 6.10 Å². The molecule has 2 aromatic carbocycles. The van der Waals surface area contributed by atoms with Crippen molar-refractivity contribution in [2.45, 2.75) is 6.10 Å². The highest BCUT2D eigenvalue weighted by Gasteiger charge is 2.14. The van der Waals surface area contributed by atoms with E-state index in [-0.39, 0.29) is 5.82 Å². The van der Waals surface area contributed by atoms with Gasteiger partial charge in [0.15, 0.2) is 0 Å². The number of nitrogens with zero attached hydrogens (tertiary/aromatic N) is 1. The molecule has 94 valence electrons. The van der Waals surface area contributed by atoms with Crippen LogP contribution >= 0.6 is 0 Å². The maximum absolute atomic E-state index is 13.2. The van der Waals surface area contributed by atoms with Crippen molar-refractivity contribution >= 4 is 10.9 Å². The Hall–Kier alpha value is -2.26. The summed E-state index contributed by atoms with van der Waals surface area (Å²) in [5.41, 5.74) is 2.09. The van der Waals surface area contributed by atoms with Gasteiger partial charge in [0.2, 0.25) is 0 Å². The Labute approximate surface area is 110 Å². The minimum Gasteiger partial charge on any atom is -0.384 e. The van der Waals surface area contributed by atoms with Gasteiger partial charge in [0, 0.05) is 11.6 Å². The van der Waals surface area contributed by atoms with E-state index in [4.69, 9.17) is 0 Å². The van der Waals surface area contributed by atoms with Crippen LogP contribution in [0, 0.1) is 5.82 Å². The van der Waals surface area contributed by atoms with Crippen molar-refractivity contribution in [3.63, 3.8) is 0 Å². The summed E-state index contributed by atoms with van der Waals surface area (Å²) < 4.78 is 13.2. The van der Waals surface area contributed by atoms with Gasteiger partial charge in [-0.3, -0.25) is 4.98 Å². The number of hydrogen-bond donors (Lipinski definition) is 1. The fourth-order valence-corrected chi connectivity index (χ4v) is 2.21. The second-order valence-corrected chi connectivity index (χ2v) is 4.37. The van der Waals surface area contributed by atoms with Crippen molar-refractivity contribution in [1.82, 2.24) is 4.98 Å². The van der Waals surface area contributed by atoms with Crippen LogP contribution in [0.3, 0.4) is 0 Å². The van der Waals surface area contributed by atoms with Gasteiger partial charge in [-0.2, -0.15) is 0 Å². The van der Waals surface area contributed by atoms with Crippen LogP contribution in [0.1, 0.15) is 17.2 Å². The minimum absolute atomic E-state index is 0.352. The highest BCUT2D eigenvalue weighted by atomic mass is 19.1. The molecule has 0 aliphatic rings. The first-order valence-electron chi connectivity index (χ1n) is 6.03. The number of rotatable bonds is 2. The largest absolute Gasteiger partial charge is 0.384 e. The number of aliphatic hydroxyl groups is 1. The molecule has 3 rings (SSSR count). The van der Waals surface area contributed by atoms with E-state index in [1.807, 2.05) is 24.3 Å². The quantitative estimate of drug-likeness (QED) is 0.758. The van der Waals surface area contributed by atoms with E-state index in [0.29, 0.717) is 5.56 Å². The predicted octanol–water partition coefficient (Wildman–Crippen LogP) is 3.46. The summed E-state index contributed by atoms with van der Waals surface area (Å²) in [6, 6.07) is 15.4. The Bertz CT molecular complexity index is 721. The molecule has 0 saturated carbocycles. The van der Waals surface area contributed by atoms with Crippen LogP contribution < -0.4 is 0 Å². The Morgan fingerprint density at radius 2 is 1.84 bits per heavy atom. The fourth-order valence-electron chi connectivity index (χ4n) is 2.21. The van der Waals surface area contributed by atoms with Gasteiger partial charge < -0.3 is 5.11 Å². The molecular weight excluding hydrogens is 241 g/mol. The van der Waals surface area contributed by atoms with Crippen molar-refractivity contribution in [3.8, 4) is 0 Å². The zero-order valence-corrected chi connectivity index (χ0v) is 10.1. The summed E-state index contributed by atoms with van der Waals surface area (Å²) in [5, 5.41) is 11.3. The predicted molar refractivity (Wildman–Crippen MR) is 72.2 cm³/mol. The van der Waals surface area contributed by atoms with Crippen LogP contribution in [0.15, 0.2) is 60.8 Å². The molecule has 0 bridgehead atoms. The number of benzene rings is 2. The van der Waals surface area contributed by atoms with Gasteiger partial charge in [0.1, 0.15) is 11.9 Å². The summed E-state index contributed by atoms with van der Waals surface area (Å²) in [5.74, 6) is -0.352. The summed E-state index contributed by atoms with van der Waals surface area (Å²) in [6.45, 7) is 0. The van der Waals surface area contributed by atoms with Gasteiger partial charge in [-0.05, 0) is 35.4 Å². The van der Waals surface area contributed by atoms with E-state index in [1.165, 1.54) is 12.1 Å². The Morgan fingerprint density at radius 3 is 2.68 bits per heavy atom. The van der Waals surface area contributed by atoms with Crippen molar-refractivity contribution in [1.29, 1.82) is 0 Å². The maximum Gasteiger partial charge on any atom is 0.123 e. The first-order chi connectivity index (χ1) is 9.25. The van der Waals surface area contributed by atoms with E-state index >= 15 is 0 Å². The summed E-state index contributed by atoms with van der Waals surface area (Å²) in [4.78, 5) is 4.25. The SMILES string of the molecule is OC(c1cccc(F)c1)c1ccnc2ccccc12. The molecule has 1 aromatic heterocycles. The zero-order chi connectivity index (χ0) is 13.2. The molecule has 0 amide bonds. The van der Waals surface area contributed by atoms with E-state index in [0.717, 1.165) is 16.5 Å². The van der Waals surface area contributed by atoms with Crippen LogP contribution in [0.2, 0.25) is 0 Å². The number of aromatic nitrogens is 1. The van der Waals surface area contributed by atoms with Crippen LogP contribution in [0.5, 0.6) is 0 Å². The lowest BCUT2D eigenvalue weighted by atomic mass is 9.98. The first-order valence-corrected chi connectivity index (χ1v) is 6.03. The standard InChI is InChI=1S/C16H12FNO/c17-12-5-3-4-11(10-12)16(19)14-8-9-18-15-7-2-1-6-13(14)15/h1-10,16,19H. The number of fused-ring (bicyclic) bond motifs is 1. The van der Waals surface area contributed by atoms with Gasteiger partial charge in [-0.25, -0.2) is 4.39 Å². The van der Waals surface area contributed by atoms with E-state index in [1.54, 1.807) is 24.4 Å². The number of aliphatic hydroxyl groups excluding tert-OH is 1. The van der Waals surface area contributed by atoms with Gasteiger partial charge in [0.25, 0.3) is 0 Å². The number of pyridine rings is 1. The zero-order valence-electron chi connectivity index (χ0n) is 10.1. The van der Waals surface area contributed by atoms with Crippen molar-refractivity contribution < 1.29 is 9.50 Å². The molecule has 1 heterocycles. The first kappa shape index (κ1) is 11.8. The minimum atomic E-state index is -0.858. The smallest absolute Gasteiger partial charge is 0.123 e. The normalized spacial score (nSPS) is 12.5. The summed E-state index contributed by atoms with van der Waals surface area (Å²) in [6.07, 6.45) is 0.795. The molecule has 1 unspecified atom stereocenters. The van der Waals surface area contributed by atoms with Crippen molar-refractivity contribution in [2.24, 2.45) is 0 Å². The highest BCUT2D eigenvalue weighted by Crippen LogP contribution is 2.27. The van der Waals surface area contributed by atoms with Gasteiger partial charge in [-0.1, -0.05) is 30.3 Å². The lowest BCUT2D eigenvalue weighted by Gasteiger charge is -2.13. The second-order valence-electron chi connectivity index (χ2n) is 4.37. The van der Waals surface area contributed by atoms with E-state index in [9.17, 15) is 9.50 Å². The molecule has 0 aliphatic carbocycles. The molecular formula is C16H12FNO. The molecule has 1 atom stereocenters. The van der Waals surface area contributed by atoms with Crippen LogP contribution in [-0.4, -0.2) is 10.1 Å². The Morgan fingerprint density at radius 1 is 1.00 bits per heavy atom. The molecule has 0 radical (unpaired) electrons. The topological polar surface area (TPSA) is 33.1 Å². The summed E-state index contributed by atoms with van der Waals surface area (Å²) in [7, 11) is 0. The van der Waals surface area contributed by atoms with Crippen LogP contribution in [0.4, 0.5) is 4.39 Å². The van der Waals surface area contributed by atoms with Gasteiger partial charge in [0.05, 0.1) is 5.52 Å². The molecule has 0 spiro atoms. The number of halogens is 1. The lowest BCUT2D eigenvalue weighted by Crippen LogP contribution is -2.01.